The lowest BCUT2D eigenvalue weighted by Gasteiger charge is -2.55. The van der Waals surface area contributed by atoms with Crippen molar-refractivity contribution >= 4 is 29.9 Å². The average Bonchev–Trinajstić information content (AvgIpc) is 3.02. The number of hydrogen-bond acceptors (Lipinski definition) is 2. The van der Waals surface area contributed by atoms with Crippen molar-refractivity contribution in [3.05, 3.63) is 35.4 Å². The van der Waals surface area contributed by atoms with Gasteiger partial charge in [0.1, 0.15) is 0 Å². The number of nitrogens with zero attached hydrogens (tertiary/aromatic N) is 2. The molecule has 1 heterocycles. The number of guanidine groups is 1. The summed E-state index contributed by atoms with van der Waals surface area (Å²) in [6.07, 6.45) is -2.97. The van der Waals surface area contributed by atoms with Crippen molar-refractivity contribution in [3.63, 3.8) is 0 Å². The van der Waals surface area contributed by atoms with E-state index < -0.39 is 11.7 Å². The van der Waals surface area contributed by atoms with Crippen molar-refractivity contribution in [2.75, 3.05) is 20.7 Å². The Morgan fingerprint density at radius 1 is 1.30 bits per heavy atom. The van der Waals surface area contributed by atoms with Gasteiger partial charge in [-0.3, -0.25) is 4.99 Å². The lowest BCUT2D eigenvalue weighted by atomic mass is 9.57. The van der Waals surface area contributed by atoms with E-state index in [1.165, 1.54) is 12.1 Å². The molecule has 0 radical (unpaired) electrons. The van der Waals surface area contributed by atoms with E-state index >= 15 is 0 Å². The Balaban J connectivity index is 0.00000261. The summed E-state index contributed by atoms with van der Waals surface area (Å²) in [6.45, 7) is 5.67. The van der Waals surface area contributed by atoms with Crippen LogP contribution in [0.1, 0.15) is 31.4 Å². The van der Waals surface area contributed by atoms with E-state index in [0.717, 1.165) is 36.7 Å². The Morgan fingerprint density at radius 3 is 2.48 bits per heavy atom. The minimum atomic E-state index is -4.31. The first-order valence-electron chi connectivity index (χ1n) is 8.87. The lowest BCUT2D eigenvalue weighted by molar-refractivity contribution is -0.137. The molecule has 0 spiro atoms. The third-order valence-corrected chi connectivity index (χ3v) is 5.66. The zero-order valence-corrected chi connectivity index (χ0v) is 18.3. The van der Waals surface area contributed by atoms with E-state index in [1.807, 2.05) is 11.9 Å². The summed E-state index contributed by atoms with van der Waals surface area (Å²) in [5, 5.41) is 3.54. The number of aliphatic imine (C=N–C) groups is 1. The van der Waals surface area contributed by atoms with Gasteiger partial charge in [0.2, 0.25) is 0 Å². The normalized spacial score (nSPS) is 26.6. The standard InChI is InChI=1S/C19H26F3N3O.HI/c1-18(2)15(14-9-10-26-16(14)18)24-17(23-3)25(4)11-12-5-7-13(8-6-12)19(20,21)22;/h5-8,14-16H,9-11H2,1-4H3,(H,23,24);1H. The highest BCUT2D eigenvalue weighted by Gasteiger charge is 2.59. The topological polar surface area (TPSA) is 36.9 Å². The third-order valence-electron chi connectivity index (χ3n) is 5.66. The highest BCUT2D eigenvalue weighted by molar-refractivity contribution is 14.0. The maximum atomic E-state index is 12.7. The summed E-state index contributed by atoms with van der Waals surface area (Å²) in [6, 6.07) is 5.55. The first-order chi connectivity index (χ1) is 12.1. The van der Waals surface area contributed by atoms with Crippen molar-refractivity contribution < 1.29 is 17.9 Å². The number of alkyl halides is 3. The number of ether oxygens (including phenoxy) is 1. The summed E-state index contributed by atoms with van der Waals surface area (Å²) in [4.78, 5) is 6.29. The van der Waals surface area contributed by atoms with Gasteiger partial charge in [0.05, 0.1) is 11.7 Å². The van der Waals surface area contributed by atoms with Gasteiger partial charge < -0.3 is 15.0 Å². The van der Waals surface area contributed by atoms with E-state index in [-0.39, 0.29) is 35.4 Å². The molecule has 1 aliphatic carbocycles. The lowest BCUT2D eigenvalue weighted by Crippen LogP contribution is -2.67. The molecule has 3 unspecified atom stereocenters. The summed E-state index contributed by atoms with van der Waals surface area (Å²) in [5.74, 6) is 1.23. The molecule has 27 heavy (non-hydrogen) atoms. The minimum Gasteiger partial charge on any atom is -0.377 e. The van der Waals surface area contributed by atoms with Crippen molar-refractivity contribution in [2.45, 2.75) is 45.1 Å². The van der Waals surface area contributed by atoms with Gasteiger partial charge in [-0.1, -0.05) is 26.0 Å². The molecular formula is C19H27F3IN3O. The van der Waals surface area contributed by atoms with Crippen LogP contribution in [0.25, 0.3) is 0 Å². The molecule has 1 N–H and O–H groups in total. The Bertz CT molecular complexity index is 676. The van der Waals surface area contributed by atoms with E-state index in [0.29, 0.717) is 18.6 Å². The molecule has 0 bridgehead atoms. The zero-order chi connectivity index (χ0) is 19.1. The second-order valence-electron chi connectivity index (χ2n) is 7.79. The van der Waals surface area contributed by atoms with Gasteiger partial charge in [-0.25, -0.2) is 0 Å². The first kappa shape index (κ1) is 22.3. The van der Waals surface area contributed by atoms with Crippen LogP contribution in [0.3, 0.4) is 0 Å². The Labute approximate surface area is 175 Å². The molecule has 8 heteroatoms. The molecule has 1 aliphatic heterocycles. The van der Waals surface area contributed by atoms with Gasteiger partial charge in [-0.15, -0.1) is 24.0 Å². The molecule has 3 rings (SSSR count). The molecule has 2 aliphatic rings. The molecule has 0 amide bonds. The number of halogens is 4. The monoisotopic (exact) mass is 497 g/mol. The van der Waals surface area contributed by atoms with Crippen LogP contribution < -0.4 is 5.32 Å². The van der Waals surface area contributed by atoms with E-state index in [4.69, 9.17) is 4.74 Å². The van der Waals surface area contributed by atoms with Crippen molar-refractivity contribution in [2.24, 2.45) is 16.3 Å². The maximum Gasteiger partial charge on any atom is 0.416 e. The second kappa shape index (κ2) is 8.14. The molecule has 1 aromatic carbocycles. The first-order valence-corrected chi connectivity index (χ1v) is 8.87. The van der Waals surface area contributed by atoms with E-state index in [9.17, 15) is 13.2 Å². The highest BCUT2D eigenvalue weighted by Crippen LogP contribution is 2.52. The molecule has 4 nitrogen and oxygen atoms in total. The third kappa shape index (κ3) is 4.36. The van der Waals surface area contributed by atoms with Gasteiger partial charge in [-0.2, -0.15) is 13.2 Å². The molecule has 1 aromatic rings. The Morgan fingerprint density at radius 2 is 1.93 bits per heavy atom. The molecule has 1 saturated carbocycles. The zero-order valence-electron chi connectivity index (χ0n) is 16.0. The highest BCUT2D eigenvalue weighted by atomic mass is 127. The fraction of sp³-hybridized carbons (Fsp3) is 0.632. The number of benzene rings is 1. The molecule has 152 valence electrons. The average molecular weight is 497 g/mol. The second-order valence-corrected chi connectivity index (χ2v) is 7.79. The van der Waals surface area contributed by atoms with Gasteiger partial charge in [0, 0.05) is 44.6 Å². The summed E-state index contributed by atoms with van der Waals surface area (Å²) in [7, 11) is 3.61. The van der Waals surface area contributed by atoms with Crippen LogP contribution in [-0.2, 0) is 17.5 Å². The predicted molar refractivity (Wildman–Crippen MR) is 110 cm³/mol. The molecule has 2 fully saturated rings. The van der Waals surface area contributed by atoms with Crippen LogP contribution >= 0.6 is 24.0 Å². The van der Waals surface area contributed by atoms with Crippen molar-refractivity contribution in [1.82, 2.24) is 10.2 Å². The number of hydrogen-bond donors (Lipinski definition) is 1. The van der Waals surface area contributed by atoms with E-state index in [1.54, 1.807) is 7.05 Å². The number of rotatable bonds is 3. The summed E-state index contributed by atoms with van der Waals surface area (Å²) in [5.41, 5.74) is 0.208. The van der Waals surface area contributed by atoms with Gasteiger partial charge >= 0.3 is 6.18 Å². The predicted octanol–water partition coefficient (Wildman–Crippen LogP) is 4.14. The fourth-order valence-corrected chi connectivity index (χ4v) is 4.25. The van der Waals surface area contributed by atoms with Crippen LogP contribution in [-0.4, -0.2) is 43.7 Å². The van der Waals surface area contributed by atoms with Crippen molar-refractivity contribution in [3.8, 4) is 0 Å². The van der Waals surface area contributed by atoms with Crippen LogP contribution in [0.4, 0.5) is 13.2 Å². The van der Waals surface area contributed by atoms with Gasteiger partial charge in [-0.05, 0) is 24.1 Å². The van der Waals surface area contributed by atoms with Gasteiger partial charge in [0.15, 0.2) is 5.96 Å². The Hall–Kier alpha value is -1.03. The quantitative estimate of drug-likeness (QED) is 0.388. The number of fused-ring (bicyclic) bond motifs is 1. The number of nitrogens with one attached hydrogen (secondary N) is 1. The molecule has 0 aromatic heterocycles. The van der Waals surface area contributed by atoms with Gasteiger partial charge in [0.25, 0.3) is 0 Å². The molecular weight excluding hydrogens is 470 g/mol. The molecule has 3 atom stereocenters. The minimum absolute atomic E-state index is 0. The van der Waals surface area contributed by atoms with Crippen LogP contribution in [0, 0.1) is 11.3 Å². The SMILES string of the molecule is CN=C(NC1C2CCOC2C1(C)C)N(C)Cc1ccc(C(F)(F)F)cc1.I. The summed E-state index contributed by atoms with van der Waals surface area (Å²) < 4.78 is 43.9. The van der Waals surface area contributed by atoms with Crippen molar-refractivity contribution in [1.29, 1.82) is 0 Å². The Kier molecular flexibility index (Phi) is 6.72. The smallest absolute Gasteiger partial charge is 0.377 e. The largest absolute Gasteiger partial charge is 0.416 e. The fourth-order valence-electron chi connectivity index (χ4n) is 4.25. The van der Waals surface area contributed by atoms with Crippen LogP contribution in [0.5, 0.6) is 0 Å². The summed E-state index contributed by atoms with van der Waals surface area (Å²) >= 11 is 0. The van der Waals surface area contributed by atoms with Crippen LogP contribution in [0.15, 0.2) is 29.3 Å². The van der Waals surface area contributed by atoms with Crippen LogP contribution in [0.2, 0.25) is 0 Å². The molecule has 1 saturated heterocycles. The van der Waals surface area contributed by atoms with E-state index in [2.05, 4.69) is 24.2 Å². The maximum absolute atomic E-state index is 12.7.